The van der Waals surface area contributed by atoms with Gasteiger partial charge in [-0.15, -0.1) is 0 Å². The number of aromatic nitrogens is 1. The second-order valence-corrected chi connectivity index (χ2v) is 8.61. The van der Waals surface area contributed by atoms with Crippen molar-refractivity contribution >= 4 is 16.6 Å². The SMILES string of the molecule is CCCC[N+]1(CC2COc3ccc4nc(C)ccc4c3O2)CCc2ccc(F)cc21. The van der Waals surface area contributed by atoms with Crippen LogP contribution in [0.4, 0.5) is 10.1 Å². The quantitative estimate of drug-likeness (QED) is 0.546. The maximum Gasteiger partial charge on any atom is 0.182 e. The van der Waals surface area contributed by atoms with Gasteiger partial charge in [-0.2, -0.15) is 0 Å². The summed E-state index contributed by atoms with van der Waals surface area (Å²) >= 11 is 0. The molecule has 0 amide bonds. The van der Waals surface area contributed by atoms with Crippen LogP contribution in [0, 0.1) is 12.7 Å². The predicted octanol–water partition coefficient (Wildman–Crippen LogP) is 5.19. The Hall–Kier alpha value is -2.66. The maximum atomic E-state index is 14.1. The first-order chi connectivity index (χ1) is 14.6. The summed E-state index contributed by atoms with van der Waals surface area (Å²) in [5, 5.41) is 0.982. The van der Waals surface area contributed by atoms with Gasteiger partial charge in [0, 0.05) is 29.1 Å². The van der Waals surface area contributed by atoms with E-state index in [2.05, 4.69) is 18.0 Å². The van der Waals surface area contributed by atoms with Gasteiger partial charge in [-0.05, 0) is 49.7 Å². The molecule has 3 aromatic rings. The van der Waals surface area contributed by atoms with Gasteiger partial charge in [-0.25, -0.2) is 4.39 Å². The van der Waals surface area contributed by atoms with Gasteiger partial charge in [-0.3, -0.25) is 9.47 Å². The molecule has 30 heavy (non-hydrogen) atoms. The van der Waals surface area contributed by atoms with Gasteiger partial charge in [0.05, 0.1) is 18.6 Å². The van der Waals surface area contributed by atoms with Gasteiger partial charge < -0.3 is 9.47 Å². The zero-order valence-corrected chi connectivity index (χ0v) is 17.7. The number of benzene rings is 2. The topological polar surface area (TPSA) is 31.4 Å². The van der Waals surface area contributed by atoms with E-state index in [-0.39, 0.29) is 11.9 Å². The van der Waals surface area contributed by atoms with E-state index in [0.29, 0.717) is 6.61 Å². The second kappa shape index (κ2) is 7.55. The van der Waals surface area contributed by atoms with Crippen molar-refractivity contribution in [3.05, 3.63) is 59.5 Å². The molecule has 1 aromatic heterocycles. The number of pyridine rings is 1. The Morgan fingerprint density at radius 3 is 2.93 bits per heavy atom. The van der Waals surface area contributed by atoms with Crippen LogP contribution in [-0.4, -0.2) is 37.3 Å². The number of aryl methyl sites for hydroxylation is 1. The van der Waals surface area contributed by atoms with E-state index in [1.165, 1.54) is 5.56 Å². The van der Waals surface area contributed by atoms with Crippen molar-refractivity contribution in [1.82, 2.24) is 9.47 Å². The largest absolute Gasteiger partial charge is 0.486 e. The average molecular weight is 408 g/mol. The predicted molar refractivity (Wildman–Crippen MR) is 118 cm³/mol. The van der Waals surface area contributed by atoms with Crippen molar-refractivity contribution in [1.29, 1.82) is 0 Å². The fraction of sp³-hybridized carbons (Fsp3) is 0.400. The van der Waals surface area contributed by atoms with Crippen LogP contribution in [0.5, 0.6) is 11.5 Å². The van der Waals surface area contributed by atoms with Crippen molar-refractivity contribution in [2.45, 2.75) is 39.2 Å². The van der Waals surface area contributed by atoms with Crippen molar-refractivity contribution < 1.29 is 13.9 Å². The number of fused-ring (bicyclic) bond motifs is 4. The first-order valence-corrected chi connectivity index (χ1v) is 10.9. The third-order valence-corrected chi connectivity index (χ3v) is 6.49. The van der Waals surface area contributed by atoms with E-state index in [1.807, 2.05) is 31.2 Å². The Kier molecular flexibility index (Phi) is 4.86. The molecule has 0 bridgehead atoms. The van der Waals surface area contributed by atoms with Crippen LogP contribution in [0.3, 0.4) is 0 Å². The normalized spacial score (nSPS) is 22.3. The van der Waals surface area contributed by atoms with Gasteiger partial charge in [0.25, 0.3) is 0 Å². The Morgan fingerprint density at radius 1 is 1.17 bits per heavy atom. The van der Waals surface area contributed by atoms with E-state index in [1.54, 1.807) is 12.1 Å². The standard InChI is InChI=1S/C25H28FN2O2/c1-3-4-12-28(13-11-18-6-7-19(26)14-23(18)28)15-20-16-29-24-10-9-22-21(25(24)30-20)8-5-17(2)27-22/h5-10,14,20H,3-4,11-13,15-16H2,1-2H3/q+1. The number of hydrogen-bond acceptors (Lipinski definition) is 3. The number of nitrogens with zero attached hydrogens (tertiary/aromatic N) is 2. The lowest BCUT2D eigenvalue weighted by Crippen LogP contribution is -2.55. The summed E-state index contributed by atoms with van der Waals surface area (Å²) in [6, 6.07) is 13.3. The number of hydrogen-bond donors (Lipinski definition) is 0. The number of halogens is 1. The molecule has 4 nitrogen and oxygen atoms in total. The lowest BCUT2D eigenvalue weighted by molar-refractivity contribution is 0.0640. The Labute approximate surface area is 176 Å². The molecule has 0 saturated carbocycles. The molecule has 5 rings (SSSR count). The van der Waals surface area contributed by atoms with Gasteiger partial charge in [0.15, 0.2) is 17.6 Å². The zero-order chi connectivity index (χ0) is 20.7. The van der Waals surface area contributed by atoms with Gasteiger partial charge in [-0.1, -0.05) is 13.3 Å². The molecule has 5 heteroatoms. The molecule has 2 aromatic carbocycles. The van der Waals surface area contributed by atoms with Crippen LogP contribution < -0.4 is 14.0 Å². The Bertz CT molecular complexity index is 1100. The van der Waals surface area contributed by atoms with Gasteiger partial charge >= 0.3 is 0 Å². The van der Waals surface area contributed by atoms with Crippen LogP contribution in [-0.2, 0) is 6.42 Å². The molecule has 2 aliphatic heterocycles. The van der Waals surface area contributed by atoms with E-state index in [4.69, 9.17) is 9.47 Å². The lowest BCUT2D eigenvalue weighted by atomic mass is 10.1. The molecule has 0 saturated heterocycles. The molecule has 0 fully saturated rings. The molecular formula is C25H28FN2O2+. The average Bonchev–Trinajstić information content (AvgIpc) is 3.09. The summed E-state index contributed by atoms with van der Waals surface area (Å²) < 4.78 is 27.5. The Balaban J connectivity index is 1.48. The number of rotatable bonds is 5. The van der Waals surface area contributed by atoms with E-state index in [9.17, 15) is 4.39 Å². The van der Waals surface area contributed by atoms with Crippen molar-refractivity contribution in [2.75, 3.05) is 26.2 Å². The first kappa shape index (κ1) is 19.3. The minimum absolute atomic E-state index is 0.0875. The van der Waals surface area contributed by atoms with Crippen molar-refractivity contribution in [3.63, 3.8) is 0 Å². The van der Waals surface area contributed by atoms with Crippen LogP contribution >= 0.6 is 0 Å². The highest BCUT2D eigenvalue weighted by atomic mass is 19.1. The summed E-state index contributed by atoms with van der Waals surface area (Å²) in [4.78, 5) is 4.62. The molecule has 0 radical (unpaired) electrons. The van der Waals surface area contributed by atoms with Crippen molar-refractivity contribution in [2.24, 2.45) is 0 Å². The summed E-state index contributed by atoms with van der Waals surface area (Å²) in [5.74, 6) is 1.40. The molecule has 2 unspecified atom stereocenters. The third-order valence-electron chi connectivity index (χ3n) is 6.49. The summed E-state index contributed by atoms with van der Waals surface area (Å²) in [5.41, 5.74) is 4.28. The zero-order valence-electron chi connectivity index (χ0n) is 17.7. The fourth-order valence-electron chi connectivity index (χ4n) is 4.98. The highest BCUT2D eigenvalue weighted by molar-refractivity contribution is 5.88. The Morgan fingerprint density at radius 2 is 2.07 bits per heavy atom. The molecule has 0 aliphatic carbocycles. The molecule has 2 atom stereocenters. The minimum Gasteiger partial charge on any atom is -0.486 e. The first-order valence-electron chi connectivity index (χ1n) is 10.9. The second-order valence-electron chi connectivity index (χ2n) is 8.61. The molecule has 3 heterocycles. The van der Waals surface area contributed by atoms with Gasteiger partial charge in [0.1, 0.15) is 24.7 Å². The summed E-state index contributed by atoms with van der Waals surface area (Å²) in [6.07, 6.45) is 3.11. The van der Waals surface area contributed by atoms with Crippen LogP contribution in [0.15, 0.2) is 42.5 Å². The maximum absolute atomic E-state index is 14.1. The molecule has 156 valence electrons. The monoisotopic (exact) mass is 407 g/mol. The third kappa shape index (κ3) is 3.31. The van der Waals surface area contributed by atoms with Gasteiger partial charge in [0.2, 0.25) is 0 Å². The van der Waals surface area contributed by atoms with E-state index < -0.39 is 0 Å². The number of quaternary nitrogens is 1. The minimum atomic E-state index is -0.159. The lowest BCUT2D eigenvalue weighted by Gasteiger charge is -2.39. The molecular weight excluding hydrogens is 379 g/mol. The summed E-state index contributed by atoms with van der Waals surface area (Å²) in [6.45, 7) is 7.47. The van der Waals surface area contributed by atoms with Crippen molar-refractivity contribution in [3.8, 4) is 11.5 Å². The van der Waals surface area contributed by atoms with Crippen LogP contribution in [0.1, 0.15) is 31.0 Å². The van der Waals surface area contributed by atoms with E-state index >= 15 is 0 Å². The van der Waals surface area contributed by atoms with E-state index in [0.717, 1.165) is 77.2 Å². The highest BCUT2D eigenvalue weighted by Gasteiger charge is 2.42. The molecule has 0 spiro atoms. The molecule has 0 N–H and O–H groups in total. The summed E-state index contributed by atoms with van der Waals surface area (Å²) in [7, 11) is 0. The highest BCUT2D eigenvalue weighted by Crippen LogP contribution is 2.41. The number of ether oxygens (including phenoxy) is 2. The molecule has 2 aliphatic rings. The van der Waals surface area contributed by atoms with Crippen LogP contribution in [0.2, 0.25) is 0 Å². The smallest absolute Gasteiger partial charge is 0.182 e. The number of unbranched alkanes of at least 4 members (excludes halogenated alkanes) is 1. The van der Waals surface area contributed by atoms with Crippen LogP contribution in [0.25, 0.3) is 10.9 Å². The fourth-order valence-corrected chi connectivity index (χ4v) is 4.98.